The average molecular weight is 362 g/mol. The van der Waals surface area contributed by atoms with Crippen molar-refractivity contribution in [3.63, 3.8) is 0 Å². The van der Waals surface area contributed by atoms with Crippen LogP contribution in [0, 0.1) is 6.92 Å². The van der Waals surface area contributed by atoms with Crippen molar-refractivity contribution in [2.24, 2.45) is 7.05 Å². The molecule has 1 aliphatic heterocycles. The summed E-state index contributed by atoms with van der Waals surface area (Å²) in [5, 5.41) is 3.94. The van der Waals surface area contributed by atoms with Crippen LogP contribution in [-0.4, -0.2) is 59.5 Å². The van der Waals surface area contributed by atoms with Crippen LogP contribution in [0.5, 0.6) is 0 Å². The van der Waals surface area contributed by atoms with Crippen LogP contribution in [0.3, 0.4) is 0 Å². The normalized spacial score (nSPS) is 16.6. The van der Waals surface area contributed by atoms with Gasteiger partial charge in [-0.3, -0.25) is 9.48 Å². The Hall–Kier alpha value is -2.19. The summed E-state index contributed by atoms with van der Waals surface area (Å²) in [7, 11) is -1.89. The van der Waals surface area contributed by atoms with Crippen LogP contribution in [0.2, 0.25) is 0 Å². The standard InChI is InChI=1S/C17H22N4O3S/c1-14-6-3-4-7-16(14)17(22)20-8-5-9-21(11-10-20)25(23,24)15-12-18-19(2)13-15/h3-4,6-7,12-13H,5,8-11H2,1-2H3. The molecule has 25 heavy (non-hydrogen) atoms. The van der Waals surface area contributed by atoms with E-state index in [0.717, 1.165) is 5.56 Å². The van der Waals surface area contributed by atoms with Crippen LogP contribution in [-0.2, 0) is 17.1 Å². The highest BCUT2D eigenvalue weighted by atomic mass is 32.2. The van der Waals surface area contributed by atoms with E-state index in [4.69, 9.17) is 0 Å². The van der Waals surface area contributed by atoms with Crippen LogP contribution in [0.25, 0.3) is 0 Å². The van der Waals surface area contributed by atoms with Crippen molar-refractivity contribution in [2.45, 2.75) is 18.2 Å². The topological polar surface area (TPSA) is 75.5 Å². The Morgan fingerprint density at radius 1 is 1.12 bits per heavy atom. The first kappa shape index (κ1) is 17.6. The molecule has 3 rings (SSSR count). The largest absolute Gasteiger partial charge is 0.337 e. The molecule has 1 fully saturated rings. The molecule has 1 aliphatic rings. The van der Waals surface area contributed by atoms with E-state index in [0.29, 0.717) is 31.6 Å². The Morgan fingerprint density at radius 3 is 2.56 bits per heavy atom. The van der Waals surface area contributed by atoms with E-state index >= 15 is 0 Å². The van der Waals surface area contributed by atoms with E-state index in [1.807, 2.05) is 31.2 Å². The van der Waals surface area contributed by atoms with Crippen LogP contribution in [0.15, 0.2) is 41.6 Å². The molecule has 1 aromatic heterocycles. The van der Waals surface area contributed by atoms with Crippen molar-refractivity contribution >= 4 is 15.9 Å². The van der Waals surface area contributed by atoms with Gasteiger partial charge in [0.1, 0.15) is 4.90 Å². The number of benzene rings is 1. The van der Waals surface area contributed by atoms with E-state index in [2.05, 4.69) is 5.10 Å². The number of amides is 1. The van der Waals surface area contributed by atoms with E-state index in [-0.39, 0.29) is 17.3 Å². The second-order valence-corrected chi connectivity index (χ2v) is 8.15. The number of carbonyl (C=O) groups excluding carboxylic acids is 1. The van der Waals surface area contributed by atoms with Crippen molar-refractivity contribution < 1.29 is 13.2 Å². The lowest BCUT2D eigenvalue weighted by Gasteiger charge is -2.22. The molecule has 0 unspecified atom stereocenters. The summed E-state index contributed by atoms with van der Waals surface area (Å²) < 4.78 is 28.4. The van der Waals surface area contributed by atoms with Crippen LogP contribution >= 0.6 is 0 Å². The molecule has 0 bridgehead atoms. The van der Waals surface area contributed by atoms with Crippen molar-refractivity contribution in [1.82, 2.24) is 19.0 Å². The van der Waals surface area contributed by atoms with Crippen molar-refractivity contribution in [2.75, 3.05) is 26.2 Å². The van der Waals surface area contributed by atoms with Gasteiger partial charge in [0.25, 0.3) is 5.91 Å². The second kappa shape index (κ2) is 6.97. The van der Waals surface area contributed by atoms with Gasteiger partial charge in [-0.2, -0.15) is 9.40 Å². The molecular weight excluding hydrogens is 340 g/mol. The number of sulfonamides is 1. The van der Waals surface area contributed by atoms with Crippen LogP contribution in [0.4, 0.5) is 0 Å². The molecule has 134 valence electrons. The SMILES string of the molecule is Cc1ccccc1C(=O)N1CCCN(S(=O)(=O)c2cnn(C)c2)CC1. The Balaban J connectivity index is 1.74. The van der Waals surface area contributed by atoms with Gasteiger partial charge >= 0.3 is 0 Å². The number of rotatable bonds is 3. The Labute approximate surface area is 147 Å². The lowest BCUT2D eigenvalue weighted by Crippen LogP contribution is -2.37. The predicted octanol–water partition coefficient (Wildman–Crippen LogP) is 1.27. The van der Waals surface area contributed by atoms with Crippen LogP contribution in [0.1, 0.15) is 22.3 Å². The fourth-order valence-corrected chi connectivity index (χ4v) is 4.46. The molecule has 1 saturated heterocycles. The molecule has 2 heterocycles. The van der Waals surface area contributed by atoms with Gasteiger partial charge in [0, 0.05) is 45.0 Å². The Kier molecular flexibility index (Phi) is 4.91. The molecule has 7 nitrogen and oxygen atoms in total. The smallest absolute Gasteiger partial charge is 0.254 e. The minimum absolute atomic E-state index is 0.0428. The highest BCUT2D eigenvalue weighted by Gasteiger charge is 2.29. The molecule has 1 amide bonds. The van der Waals surface area contributed by atoms with Gasteiger partial charge in [-0.1, -0.05) is 18.2 Å². The minimum Gasteiger partial charge on any atom is -0.337 e. The number of hydrogen-bond acceptors (Lipinski definition) is 4. The summed E-state index contributed by atoms with van der Waals surface area (Å²) in [4.78, 5) is 14.7. The summed E-state index contributed by atoms with van der Waals surface area (Å²) >= 11 is 0. The Bertz CT molecular complexity index is 876. The highest BCUT2D eigenvalue weighted by Crippen LogP contribution is 2.18. The molecular formula is C17H22N4O3S. The van der Waals surface area contributed by atoms with E-state index in [1.165, 1.54) is 21.4 Å². The average Bonchev–Trinajstić information content (AvgIpc) is 2.88. The molecule has 0 atom stereocenters. The molecule has 0 aliphatic carbocycles. The van der Waals surface area contributed by atoms with E-state index < -0.39 is 10.0 Å². The van der Waals surface area contributed by atoms with Gasteiger partial charge in [0.15, 0.2) is 0 Å². The predicted molar refractivity (Wildman–Crippen MR) is 93.7 cm³/mol. The quantitative estimate of drug-likeness (QED) is 0.824. The summed E-state index contributed by atoms with van der Waals surface area (Å²) in [6.45, 7) is 3.52. The first-order valence-corrected chi connectivity index (χ1v) is 9.67. The van der Waals surface area contributed by atoms with Gasteiger partial charge in [-0.15, -0.1) is 0 Å². The number of aryl methyl sites for hydroxylation is 2. The third kappa shape index (κ3) is 3.59. The number of aromatic nitrogens is 2. The van der Waals surface area contributed by atoms with Gasteiger partial charge < -0.3 is 4.90 Å². The van der Waals surface area contributed by atoms with Crippen LogP contribution < -0.4 is 0 Å². The lowest BCUT2D eigenvalue weighted by atomic mass is 10.1. The summed E-state index contributed by atoms with van der Waals surface area (Å²) in [6, 6.07) is 7.46. The molecule has 2 aromatic rings. The number of carbonyl (C=O) groups is 1. The zero-order valence-electron chi connectivity index (χ0n) is 14.4. The molecule has 0 N–H and O–H groups in total. The van der Waals surface area contributed by atoms with Gasteiger partial charge in [0.2, 0.25) is 10.0 Å². The number of nitrogens with zero attached hydrogens (tertiary/aromatic N) is 4. The second-order valence-electron chi connectivity index (χ2n) is 6.21. The maximum Gasteiger partial charge on any atom is 0.254 e. The monoisotopic (exact) mass is 362 g/mol. The molecule has 0 spiro atoms. The maximum atomic E-state index is 12.7. The molecule has 0 radical (unpaired) electrons. The minimum atomic E-state index is -3.57. The maximum absolute atomic E-state index is 12.7. The summed E-state index contributed by atoms with van der Waals surface area (Å²) in [6.07, 6.45) is 3.46. The van der Waals surface area contributed by atoms with E-state index in [9.17, 15) is 13.2 Å². The Morgan fingerprint density at radius 2 is 1.88 bits per heavy atom. The first-order valence-electron chi connectivity index (χ1n) is 8.23. The van der Waals surface area contributed by atoms with Crippen molar-refractivity contribution in [3.8, 4) is 0 Å². The molecule has 0 saturated carbocycles. The zero-order valence-corrected chi connectivity index (χ0v) is 15.2. The first-order chi connectivity index (χ1) is 11.9. The third-order valence-electron chi connectivity index (χ3n) is 4.44. The third-order valence-corrected chi connectivity index (χ3v) is 6.29. The zero-order chi connectivity index (χ0) is 18.0. The molecule has 1 aromatic carbocycles. The summed E-state index contributed by atoms with van der Waals surface area (Å²) in [5.74, 6) is -0.0428. The fourth-order valence-electron chi connectivity index (χ4n) is 3.00. The van der Waals surface area contributed by atoms with Crippen molar-refractivity contribution in [3.05, 3.63) is 47.8 Å². The highest BCUT2D eigenvalue weighted by molar-refractivity contribution is 7.89. The molecule has 8 heteroatoms. The van der Waals surface area contributed by atoms with E-state index in [1.54, 1.807) is 11.9 Å². The van der Waals surface area contributed by atoms with Crippen molar-refractivity contribution in [1.29, 1.82) is 0 Å². The lowest BCUT2D eigenvalue weighted by molar-refractivity contribution is 0.0763. The number of hydrogen-bond donors (Lipinski definition) is 0. The van der Waals surface area contributed by atoms with Gasteiger partial charge in [-0.25, -0.2) is 8.42 Å². The van der Waals surface area contributed by atoms with Gasteiger partial charge in [-0.05, 0) is 25.0 Å². The fraction of sp³-hybridized carbons (Fsp3) is 0.412. The summed E-state index contributed by atoms with van der Waals surface area (Å²) in [5.41, 5.74) is 1.60. The van der Waals surface area contributed by atoms with Gasteiger partial charge in [0.05, 0.1) is 6.20 Å².